The molecule has 2 aliphatic rings. The average molecular weight is 517 g/mol. The van der Waals surface area contributed by atoms with E-state index in [0.29, 0.717) is 46.3 Å². The van der Waals surface area contributed by atoms with Crippen LogP contribution in [0, 0.1) is 19.3 Å². The van der Waals surface area contributed by atoms with E-state index >= 15 is 4.39 Å². The van der Waals surface area contributed by atoms with Crippen molar-refractivity contribution in [2.24, 2.45) is 7.05 Å². The lowest BCUT2D eigenvalue weighted by Gasteiger charge is -2.32. The van der Waals surface area contributed by atoms with E-state index in [0.717, 1.165) is 18.4 Å². The molecule has 1 aromatic heterocycles. The van der Waals surface area contributed by atoms with E-state index in [2.05, 4.69) is 15.3 Å². The van der Waals surface area contributed by atoms with Gasteiger partial charge in [0.2, 0.25) is 0 Å². The lowest BCUT2D eigenvalue weighted by atomic mass is 9.94. The third kappa shape index (κ3) is 4.05. The van der Waals surface area contributed by atoms with E-state index in [1.807, 2.05) is 6.92 Å². The molecule has 3 aromatic rings. The molecule has 1 spiro atoms. The molecule has 1 saturated carbocycles. The molecular formula is C27H25FN6O2S. The topological polar surface area (TPSA) is 74.8 Å². The Balaban J connectivity index is 1.44. The number of nitrogens with zero attached hydrogens (tertiary/aromatic N) is 5. The molecule has 0 bridgehead atoms. The van der Waals surface area contributed by atoms with E-state index in [4.69, 9.17) is 18.8 Å². The fraction of sp³-hybridized carbons (Fsp3) is 0.296. The number of carbonyl (C=O) groups excluding carboxylic acids is 2. The van der Waals surface area contributed by atoms with E-state index in [-0.39, 0.29) is 18.4 Å². The summed E-state index contributed by atoms with van der Waals surface area (Å²) in [5.41, 5.74) is 2.19. The second-order valence-corrected chi connectivity index (χ2v) is 9.74. The van der Waals surface area contributed by atoms with Crippen molar-refractivity contribution >= 4 is 46.2 Å². The summed E-state index contributed by atoms with van der Waals surface area (Å²) in [7, 11) is 1.66. The first kappa shape index (κ1) is 24.6. The van der Waals surface area contributed by atoms with Crippen molar-refractivity contribution in [1.82, 2.24) is 15.1 Å². The largest absolute Gasteiger partial charge is 0.347 e. The van der Waals surface area contributed by atoms with Crippen molar-refractivity contribution in [3.05, 3.63) is 82.7 Å². The summed E-state index contributed by atoms with van der Waals surface area (Å²) >= 11 is 5.82. The fourth-order valence-corrected chi connectivity index (χ4v) is 5.71. The zero-order valence-corrected chi connectivity index (χ0v) is 21.3. The number of aromatic nitrogens is 2. The van der Waals surface area contributed by atoms with Crippen LogP contribution in [0.15, 0.2) is 48.7 Å². The van der Waals surface area contributed by atoms with Gasteiger partial charge in [-0.2, -0.15) is 5.10 Å². The molecule has 1 N–H and O–H groups in total. The van der Waals surface area contributed by atoms with Crippen molar-refractivity contribution < 1.29 is 14.0 Å². The summed E-state index contributed by atoms with van der Waals surface area (Å²) in [4.78, 5) is 33.0. The number of amides is 2. The number of hydrogen-bond acceptors (Lipinski definition) is 4. The first-order valence-electron chi connectivity index (χ1n) is 12.0. The Hall–Kier alpha value is -4.10. The van der Waals surface area contributed by atoms with E-state index in [1.54, 1.807) is 48.3 Å². The van der Waals surface area contributed by atoms with E-state index in [9.17, 15) is 9.59 Å². The van der Waals surface area contributed by atoms with Crippen molar-refractivity contribution in [2.45, 2.75) is 44.7 Å². The standard InChI is InChI=1S/C27H25FN6O2S/c1-17-14-19(8-9-22(17)29-2)33-25(36)27(11-4-5-12-27)34(26(33)37)20-7-6-18(21(28)15-20)16-30-24(35)23-10-13-31-32(23)3/h6-10,13-15H,4-5,11-12,16H2,1,3H3,(H,30,35). The third-order valence-electron chi connectivity index (χ3n) is 7.19. The summed E-state index contributed by atoms with van der Waals surface area (Å²) in [5.74, 6) is -0.977. The van der Waals surface area contributed by atoms with Crippen LogP contribution in [0.2, 0.25) is 0 Å². The predicted octanol–water partition coefficient (Wildman–Crippen LogP) is 4.80. The minimum atomic E-state index is -0.870. The highest BCUT2D eigenvalue weighted by Crippen LogP contribution is 2.46. The van der Waals surface area contributed by atoms with Gasteiger partial charge in [-0.15, -0.1) is 0 Å². The van der Waals surface area contributed by atoms with Crippen LogP contribution in [0.3, 0.4) is 0 Å². The number of benzene rings is 2. The maximum Gasteiger partial charge on any atom is 0.269 e. The first-order valence-corrected chi connectivity index (χ1v) is 12.4. The Labute approximate surface area is 219 Å². The molecule has 1 saturated heterocycles. The average Bonchev–Trinajstić information content (AvgIpc) is 3.58. The fourth-order valence-electron chi connectivity index (χ4n) is 5.24. The molecule has 37 heavy (non-hydrogen) atoms. The highest BCUT2D eigenvalue weighted by atomic mass is 32.1. The van der Waals surface area contributed by atoms with Gasteiger partial charge in [-0.1, -0.05) is 25.0 Å². The van der Waals surface area contributed by atoms with Crippen LogP contribution in [-0.2, 0) is 18.4 Å². The van der Waals surface area contributed by atoms with Crippen LogP contribution in [0.1, 0.15) is 47.3 Å². The smallest absolute Gasteiger partial charge is 0.269 e. The molecule has 0 radical (unpaired) electrons. The highest BCUT2D eigenvalue weighted by molar-refractivity contribution is 7.81. The summed E-state index contributed by atoms with van der Waals surface area (Å²) in [6.07, 6.45) is 4.49. The molecule has 0 unspecified atom stereocenters. The van der Waals surface area contributed by atoms with E-state index in [1.165, 1.54) is 21.8 Å². The number of thiocarbonyl (C=S) groups is 1. The molecule has 5 rings (SSSR count). The Kier molecular flexibility index (Phi) is 6.25. The number of anilines is 2. The summed E-state index contributed by atoms with van der Waals surface area (Å²) in [6, 6.07) is 11.5. The predicted molar refractivity (Wildman–Crippen MR) is 142 cm³/mol. The van der Waals surface area contributed by atoms with Gasteiger partial charge in [0.15, 0.2) is 10.8 Å². The van der Waals surface area contributed by atoms with Gasteiger partial charge in [0.25, 0.3) is 11.8 Å². The maximum atomic E-state index is 15.3. The molecule has 2 heterocycles. The van der Waals surface area contributed by atoms with Crippen molar-refractivity contribution in [2.75, 3.05) is 9.80 Å². The molecule has 10 heteroatoms. The second kappa shape index (κ2) is 9.41. The molecule has 188 valence electrons. The normalized spacial score (nSPS) is 16.5. The highest BCUT2D eigenvalue weighted by Gasteiger charge is 2.57. The van der Waals surface area contributed by atoms with Crippen LogP contribution in [0.5, 0.6) is 0 Å². The number of hydrogen-bond donors (Lipinski definition) is 1. The lowest BCUT2D eigenvalue weighted by Crippen LogP contribution is -2.47. The van der Waals surface area contributed by atoms with Gasteiger partial charge in [0.1, 0.15) is 17.1 Å². The van der Waals surface area contributed by atoms with Gasteiger partial charge >= 0.3 is 0 Å². The molecule has 1 aliphatic heterocycles. The quantitative estimate of drug-likeness (QED) is 0.390. The number of halogens is 1. The van der Waals surface area contributed by atoms with Crippen LogP contribution < -0.4 is 15.1 Å². The molecule has 2 aromatic carbocycles. The van der Waals surface area contributed by atoms with Crippen molar-refractivity contribution in [3.8, 4) is 0 Å². The molecule has 2 amide bonds. The van der Waals surface area contributed by atoms with Gasteiger partial charge in [-0.05, 0) is 67.9 Å². The zero-order chi connectivity index (χ0) is 26.3. The van der Waals surface area contributed by atoms with Gasteiger partial charge in [-0.3, -0.25) is 19.2 Å². The Morgan fingerprint density at radius 3 is 2.54 bits per heavy atom. The number of carbonyl (C=O) groups is 2. The molecule has 0 atom stereocenters. The minimum absolute atomic E-state index is 0.00342. The second-order valence-electron chi connectivity index (χ2n) is 9.38. The Morgan fingerprint density at radius 1 is 1.19 bits per heavy atom. The van der Waals surface area contributed by atoms with Crippen LogP contribution in [0.4, 0.5) is 21.5 Å². The summed E-state index contributed by atoms with van der Waals surface area (Å²) < 4.78 is 16.7. The van der Waals surface area contributed by atoms with Crippen LogP contribution >= 0.6 is 12.2 Å². The summed E-state index contributed by atoms with van der Waals surface area (Å²) in [6.45, 7) is 9.13. The minimum Gasteiger partial charge on any atom is -0.347 e. The van der Waals surface area contributed by atoms with Gasteiger partial charge in [0, 0.05) is 36.7 Å². The van der Waals surface area contributed by atoms with Gasteiger partial charge in [-0.25, -0.2) is 9.24 Å². The molecule has 2 fully saturated rings. The number of rotatable bonds is 5. The van der Waals surface area contributed by atoms with Crippen LogP contribution in [-0.4, -0.2) is 32.2 Å². The summed E-state index contributed by atoms with van der Waals surface area (Å²) in [5, 5.41) is 6.98. The van der Waals surface area contributed by atoms with Crippen LogP contribution in [0.25, 0.3) is 4.85 Å². The van der Waals surface area contributed by atoms with E-state index < -0.39 is 11.4 Å². The lowest BCUT2D eigenvalue weighted by molar-refractivity contribution is -0.121. The molecule has 8 nitrogen and oxygen atoms in total. The first-order chi connectivity index (χ1) is 17.8. The molecular weight excluding hydrogens is 491 g/mol. The van der Waals surface area contributed by atoms with Crippen molar-refractivity contribution in [3.63, 3.8) is 0 Å². The number of nitrogens with one attached hydrogen (secondary N) is 1. The Morgan fingerprint density at radius 2 is 1.92 bits per heavy atom. The van der Waals surface area contributed by atoms with Crippen molar-refractivity contribution in [1.29, 1.82) is 0 Å². The molecule has 1 aliphatic carbocycles. The van der Waals surface area contributed by atoms with Gasteiger partial charge < -0.3 is 10.2 Å². The SMILES string of the molecule is [C-]#[N+]c1ccc(N2C(=O)C3(CCCC3)N(c3ccc(CNC(=O)c4ccnn4C)c(F)c3)C2=S)cc1C. The van der Waals surface area contributed by atoms with Gasteiger partial charge in [0.05, 0.1) is 6.57 Å². The number of aryl methyl sites for hydroxylation is 2. The monoisotopic (exact) mass is 516 g/mol. The Bertz CT molecular complexity index is 1470. The maximum absolute atomic E-state index is 15.3. The third-order valence-corrected chi connectivity index (χ3v) is 7.55. The zero-order valence-electron chi connectivity index (χ0n) is 20.5.